The zero-order valence-corrected chi connectivity index (χ0v) is 10.2. The Morgan fingerprint density at radius 3 is 2.44 bits per heavy atom. The molecule has 1 unspecified atom stereocenters. The van der Waals surface area contributed by atoms with Gasteiger partial charge in [0, 0.05) is 25.3 Å². The second-order valence-electron chi connectivity index (χ2n) is 4.66. The predicted molar refractivity (Wildman–Crippen MR) is 61.7 cm³/mol. The van der Waals surface area contributed by atoms with Crippen molar-refractivity contribution in [1.82, 2.24) is 4.90 Å². The quantitative estimate of drug-likeness (QED) is 0.667. The number of hydrogen-bond donors (Lipinski definition) is 0. The fourth-order valence-electron chi connectivity index (χ4n) is 2.35. The molecule has 2 aliphatic rings. The van der Waals surface area contributed by atoms with Crippen molar-refractivity contribution in [3.63, 3.8) is 0 Å². The Balaban J connectivity index is 1.96. The second kappa shape index (κ2) is 4.20. The minimum Gasteiger partial charge on any atom is -0.341 e. The molecule has 0 spiro atoms. The van der Waals surface area contributed by atoms with E-state index in [1.54, 1.807) is 4.90 Å². The summed E-state index contributed by atoms with van der Waals surface area (Å²) in [5.41, 5.74) is 0. The van der Waals surface area contributed by atoms with Gasteiger partial charge in [0.05, 0.1) is 5.25 Å². The lowest BCUT2D eigenvalue weighted by atomic mass is 10.1. The Labute approximate surface area is 96.2 Å². The number of likely N-dealkylation sites (tertiary alicyclic amines) is 1. The molecule has 1 fully saturated rings. The molecule has 0 bridgehead atoms. The van der Waals surface area contributed by atoms with Crippen molar-refractivity contribution in [3.05, 3.63) is 12.2 Å². The Morgan fingerprint density at radius 1 is 1.31 bits per heavy atom. The molecule has 1 aliphatic heterocycles. The number of carbonyl (C=O) groups is 1. The minimum absolute atomic E-state index is 0.0540. The SMILES string of the molecule is CS(=O)(=O)C1CCN(C(=O)C2CC=CC2)C1. The van der Waals surface area contributed by atoms with Gasteiger partial charge >= 0.3 is 0 Å². The molecule has 0 saturated carbocycles. The van der Waals surface area contributed by atoms with Gasteiger partial charge < -0.3 is 4.90 Å². The number of nitrogens with zero attached hydrogens (tertiary/aromatic N) is 1. The summed E-state index contributed by atoms with van der Waals surface area (Å²) in [7, 11) is -3.00. The van der Waals surface area contributed by atoms with Gasteiger partial charge in [-0.1, -0.05) is 12.2 Å². The molecule has 1 heterocycles. The highest BCUT2D eigenvalue weighted by molar-refractivity contribution is 7.91. The lowest BCUT2D eigenvalue weighted by Gasteiger charge is -2.20. The number of carbonyl (C=O) groups excluding carboxylic acids is 1. The maximum absolute atomic E-state index is 12.0. The first-order valence-electron chi connectivity index (χ1n) is 5.61. The molecule has 5 heteroatoms. The molecule has 1 aliphatic carbocycles. The van der Waals surface area contributed by atoms with Crippen LogP contribution in [0.5, 0.6) is 0 Å². The van der Waals surface area contributed by atoms with Crippen LogP contribution in [-0.4, -0.2) is 43.8 Å². The summed E-state index contributed by atoms with van der Waals surface area (Å²) in [4.78, 5) is 13.7. The first kappa shape index (κ1) is 11.6. The molecule has 4 nitrogen and oxygen atoms in total. The summed E-state index contributed by atoms with van der Waals surface area (Å²) in [6.07, 6.45) is 7.49. The van der Waals surface area contributed by atoms with Crippen LogP contribution in [-0.2, 0) is 14.6 Å². The maximum atomic E-state index is 12.0. The first-order valence-corrected chi connectivity index (χ1v) is 7.56. The van der Waals surface area contributed by atoms with Crippen LogP contribution in [0.4, 0.5) is 0 Å². The summed E-state index contributed by atoms with van der Waals surface area (Å²) in [6, 6.07) is 0. The Morgan fingerprint density at radius 2 is 1.94 bits per heavy atom. The van der Waals surface area contributed by atoms with Gasteiger partial charge in [0.2, 0.25) is 5.91 Å². The van der Waals surface area contributed by atoms with Gasteiger partial charge in [-0.05, 0) is 19.3 Å². The standard InChI is InChI=1S/C11H17NO3S/c1-16(14,15)10-6-7-12(8-10)11(13)9-4-2-3-5-9/h2-3,9-10H,4-8H2,1H3. The molecule has 0 aromatic carbocycles. The van der Waals surface area contributed by atoms with Crippen molar-refractivity contribution in [3.8, 4) is 0 Å². The fraction of sp³-hybridized carbons (Fsp3) is 0.727. The van der Waals surface area contributed by atoms with Gasteiger partial charge in [0.25, 0.3) is 0 Å². The topological polar surface area (TPSA) is 54.5 Å². The lowest BCUT2D eigenvalue weighted by Crippen LogP contribution is -2.35. The highest BCUT2D eigenvalue weighted by Crippen LogP contribution is 2.24. The normalized spacial score (nSPS) is 26.6. The lowest BCUT2D eigenvalue weighted by molar-refractivity contribution is -0.134. The van der Waals surface area contributed by atoms with E-state index in [2.05, 4.69) is 0 Å². The van der Waals surface area contributed by atoms with Gasteiger partial charge in [-0.25, -0.2) is 8.42 Å². The fourth-order valence-corrected chi connectivity index (χ4v) is 3.34. The summed E-state index contributed by atoms with van der Waals surface area (Å²) in [5.74, 6) is 0.175. The molecule has 16 heavy (non-hydrogen) atoms. The van der Waals surface area contributed by atoms with Gasteiger partial charge in [-0.2, -0.15) is 0 Å². The van der Waals surface area contributed by atoms with E-state index in [0.717, 1.165) is 12.8 Å². The number of rotatable bonds is 2. The summed E-state index contributed by atoms with van der Waals surface area (Å²) in [6.45, 7) is 0.973. The maximum Gasteiger partial charge on any atom is 0.226 e. The molecular weight excluding hydrogens is 226 g/mol. The van der Waals surface area contributed by atoms with Gasteiger partial charge in [0.15, 0.2) is 9.84 Å². The highest BCUT2D eigenvalue weighted by Gasteiger charge is 2.35. The highest BCUT2D eigenvalue weighted by atomic mass is 32.2. The summed E-state index contributed by atoms with van der Waals surface area (Å²) < 4.78 is 22.7. The van der Waals surface area contributed by atoms with Gasteiger partial charge in [-0.15, -0.1) is 0 Å². The van der Waals surface area contributed by atoms with Crippen LogP contribution in [0.2, 0.25) is 0 Å². The van der Waals surface area contributed by atoms with E-state index in [0.29, 0.717) is 19.5 Å². The monoisotopic (exact) mass is 243 g/mol. The van der Waals surface area contributed by atoms with E-state index < -0.39 is 9.84 Å². The largest absolute Gasteiger partial charge is 0.341 e. The molecule has 2 rings (SSSR count). The average molecular weight is 243 g/mol. The van der Waals surface area contributed by atoms with E-state index in [1.807, 2.05) is 12.2 Å². The van der Waals surface area contributed by atoms with Crippen molar-refractivity contribution in [2.24, 2.45) is 5.92 Å². The first-order chi connectivity index (χ1) is 7.48. The molecule has 0 aromatic heterocycles. The van der Waals surface area contributed by atoms with E-state index in [9.17, 15) is 13.2 Å². The molecule has 0 N–H and O–H groups in total. The smallest absolute Gasteiger partial charge is 0.226 e. The average Bonchev–Trinajstić information content (AvgIpc) is 2.87. The zero-order chi connectivity index (χ0) is 11.8. The number of allylic oxidation sites excluding steroid dienone is 2. The molecule has 1 amide bonds. The van der Waals surface area contributed by atoms with E-state index in [1.165, 1.54) is 6.26 Å². The number of sulfone groups is 1. The van der Waals surface area contributed by atoms with Crippen LogP contribution in [0, 0.1) is 5.92 Å². The van der Waals surface area contributed by atoms with Crippen LogP contribution in [0.25, 0.3) is 0 Å². The van der Waals surface area contributed by atoms with Crippen molar-refractivity contribution in [2.75, 3.05) is 19.3 Å². The van der Waals surface area contributed by atoms with Crippen molar-refractivity contribution < 1.29 is 13.2 Å². The number of amides is 1. The van der Waals surface area contributed by atoms with Crippen molar-refractivity contribution in [1.29, 1.82) is 0 Å². The molecule has 0 aromatic rings. The summed E-state index contributed by atoms with van der Waals surface area (Å²) >= 11 is 0. The molecule has 90 valence electrons. The van der Waals surface area contributed by atoms with Crippen LogP contribution < -0.4 is 0 Å². The molecule has 0 radical (unpaired) electrons. The predicted octanol–water partition coefficient (Wildman–Crippen LogP) is 0.598. The van der Waals surface area contributed by atoms with Crippen LogP contribution in [0.15, 0.2) is 12.2 Å². The van der Waals surface area contributed by atoms with Gasteiger partial charge in [-0.3, -0.25) is 4.79 Å². The van der Waals surface area contributed by atoms with Crippen molar-refractivity contribution >= 4 is 15.7 Å². The number of hydrogen-bond acceptors (Lipinski definition) is 3. The van der Waals surface area contributed by atoms with E-state index in [-0.39, 0.29) is 17.1 Å². The molecule has 1 atom stereocenters. The van der Waals surface area contributed by atoms with Gasteiger partial charge in [0.1, 0.15) is 0 Å². The molecular formula is C11H17NO3S. The molecule has 1 saturated heterocycles. The minimum atomic E-state index is -3.00. The van der Waals surface area contributed by atoms with Crippen LogP contribution in [0.1, 0.15) is 19.3 Å². The second-order valence-corrected chi connectivity index (χ2v) is 6.99. The Bertz CT molecular complexity index is 405. The third-order valence-corrected chi connectivity index (χ3v) is 5.02. The third kappa shape index (κ3) is 2.29. The third-order valence-electron chi connectivity index (χ3n) is 3.42. The van der Waals surface area contributed by atoms with Crippen LogP contribution >= 0.6 is 0 Å². The van der Waals surface area contributed by atoms with Crippen LogP contribution in [0.3, 0.4) is 0 Å². The van der Waals surface area contributed by atoms with E-state index in [4.69, 9.17) is 0 Å². The summed E-state index contributed by atoms with van der Waals surface area (Å²) in [5, 5.41) is -0.356. The Kier molecular flexibility index (Phi) is 3.06. The van der Waals surface area contributed by atoms with Crippen molar-refractivity contribution in [2.45, 2.75) is 24.5 Å². The van der Waals surface area contributed by atoms with E-state index >= 15 is 0 Å². The Hall–Kier alpha value is -0.840. The zero-order valence-electron chi connectivity index (χ0n) is 9.43.